The molecular weight excluding hydrogens is 328 g/mol. The standard InChI is InChI=1S/C14H20BrClN2O/c1-2-5-18(12-9-17-10-12)6-7-19-14-4-3-11(16)8-13(14)15/h3-4,8,12,17H,2,5-7,9-10H2,1H3. The second-order valence-corrected chi connectivity index (χ2v) is 6.06. The number of hydrogen-bond donors (Lipinski definition) is 1. The highest BCUT2D eigenvalue weighted by atomic mass is 79.9. The predicted octanol–water partition coefficient (Wildman–Crippen LogP) is 3.17. The van der Waals surface area contributed by atoms with Crippen molar-refractivity contribution in [3.8, 4) is 5.75 Å². The smallest absolute Gasteiger partial charge is 0.133 e. The van der Waals surface area contributed by atoms with Gasteiger partial charge in [0.05, 0.1) is 4.47 Å². The molecule has 0 aromatic heterocycles. The fourth-order valence-electron chi connectivity index (χ4n) is 2.16. The number of halogens is 2. The maximum absolute atomic E-state index is 5.91. The van der Waals surface area contributed by atoms with Crippen molar-refractivity contribution in [2.75, 3.05) is 32.8 Å². The molecule has 3 nitrogen and oxygen atoms in total. The lowest BCUT2D eigenvalue weighted by Gasteiger charge is -2.38. The first-order valence-corrected chi connectivity index (χ1v) is 7.90. The maximum atomic E-state index is 5.91. The summed E-state index contributed by atoms with van der Waals surface area (Å²) in [4.78, 5) is 2.50. The molecule has 0 unspecified atom stereocenters. The summed E-state index contributed by atoms with van der Waals surface area (Å²) < 4.78 is 6.73. The first-order chi connectivity index (χ1) is 9.20. The van der Waals surface area contributed by atoms with E-state index in [0.717, 1.165) is 36.4 Å². The van der Waals surface area contributed by atoms with Crippen LogP contribution in [0.3, 0.4) is 0 Å². The van der Waals surface area contributed by atoms with Gasteiger partial charge in [0.2, 0.25) is 0 Å². The van der Waals surface area contributed by atoms with Crippen molar-refractivity contribution in [1.29, 1.82) is 0 Å². The monoisotopic (exact) mass is 346 g/mol. The zero-order valence-electron chi connectivity index (χ0n) is 11.2. The van der Waals surface area contributed by atoms with E-state index in [1.165, 1.54) is 6.42 Å². The summed E-state index contributed by atoms with van der Waals surface area (Å²) in [6.45, 7) is 7.23. The minimum atomic E-state index is 0.678. The molecule has 1 N–H and O–H groups in total. The largest absolute Gasteiger partial charge is 0.491 e. The molecule has 1 aromatic rings. The molecule has 1 saturated heterocycles. The minimum Gasteiger partial charge on any atom is -0.491 e. The summed E-state index contributed by atoms with van der Waals surface area (Å²) in [6.07, 6.45) is 1.18. The van der Waals surface area contributed by atoms with E-state index in [9.17, 15) is 0 Å². The van der Waals surface area contributed by atoms with Gasteiger partial charge in [0.1, 0.15) is 12.4 Å². The summed E-state index contributed by atoms with van der Waals surface area (Å²) in [5.74, 6) is 0.854. The summed E-state index contributed by atoms with van der Waals surface area (Å²) in [7, 11) is 0. The molecule has 1 aliphatic heterocycles. The van der Waals surface area contributed by atoms with E-state index in [4.69, 9.17) is 16.3 Å². The number of benzene rings is 1. The molecule has 0 amide bonds. The SMILES string of the molecule is CCCN(CCOc1ccc(Cl)cc1Br)C1CNC1. The van der Waals surface area contributed by atoms with Crippen molar-refractivity contribution in [1.82, 2.24) is 10.2 Å². The van der Waals surface area contributed by atoms with Crippen LogP contribution in [0.4, 0.5) is 0 Å². The zero-order chi connectivity index (χ0) is 13.7. The van der Waals surface area contributed by atoms with E-state index in [-0.39, 0.29) is 0 Å². The van der Waals surface area contributed by atoms with Gasteiger partial charge in [-0.2, -0.15) is 0 Å². The second-order valence-electron chi connectivity index (χ2n) is 4.77. The Balaban J connectivity index is 1.80. The highest BCUT2D eigenvalue weighted by Gasteiger charge is 2.23. The first kappa shape index (κ1) is 15.1. The molecule has 5 heteroatoms. The Morgan fingerprint density at radius 3 is 2.79 bits per heavy atom. The predicted molar refractivity (Wildman–Crippen MR) is 83.2 cm³/mol. The molecule has 2 rings (SSSR count). The van der Waals surface area contributed by atoms with Crippen LogP contribution in [0.25, 0.3) is 0 Å². The fraction of sp³-hybridized carbons (Fsp3) is 0.571. The maximum Gasteiger partial charge on any atom is 0.133 e. The lowest BCUT2D eigenvalue weighted by Crippen LogP contribution is -2.58. The number of nitrogens with zero attached hydrogens (tertiary/aromatic N) is 1. The van der Waals surface area contributed by atoms with E-state index >= 15 is 0 Å². The Bertz CT molecular complexity index is 412. The van der Waals surface area contributed by atoms with Crippen molar-refractivity contribution >= 4 is 27.5 Å². The van der Waals surface area contributed by atoms with Gasteiger partial charge >= 0.3 is 0 Å². The second kappa shape index (κ2) is 7.48. The number of rotatable bonds is 7. The lowest BCUT2D eigenvalue weighted by molar-refractivity contribution is 0.122. The Kier molecular flexibility index (Phi) is 5.95. The third-order valence-electron chi connectivity index (χ3n) is 3.32. The average Bonchev–Trinajstić information content (AvgIpc) is 2.30. The van der Waals surface area contributed by atoms with Crippen molar-refractivity contribution in [2.45, 2.75) is 19.4 Å². The van der Waals surface area contributed by atoms with E-state index in [0.29, 0.717) is 17.7 Å². The Morgan fingerprint density at radius 1 is 1.42 bits per heavy atom. The van der Waals surface area contributed by atoms with Crippen molar-refractivity contribution in [2.24, 2.45) is 0 Å². The fourth-order valence-corrected chi connectivity index (χ4v) is 2.96. The third-order valence-corrected chi connectivity index (χ3v) is 4.17. The van der Waals surface area contributed by atoms with Gasteiger partial charge in [-0.25, -0.2) is 0 Å². The van der Waals surface area contributed by atoms with Crippen LogP contribution in [0.2, 0.25) is 5.02 Å². The van der Waals surface area contributed by atoms with Gasteiger partial charge in [-0.05, 0) is 47.1 Å². The van der Waals surface area contributed by atoms with E-state index in [1.807, 2.05) is 18.2 Å². The average molecular weight is 348 g/mol. The molecule has 106 valence electrons. The van der Waals surface area contributed by atoms with Gasteiger partial charge in [0.15, 0.2) is 0 Å². The lowest BCUT2D eigenvalue weighted by atomic mass is 10.1. The van der Waals surface area contributed by atoms with Gasteiger partial charge in [-0.1, -0.05) is 18.5 Å². The molecule has 0 saturated carbocycles. The van der Waals surface area contributed by atoms with Gasteiger partial charge < -0.3 is 10.1 Å². The summed E-state index contributed by atoms with van der Waals surface area (Å²) in [5.41, 5.74) is 0. The van der Waals surface area contributed by atoms with Crippen LogP contribution in [0.15, 0.2) is 22.7 Å². The molecule has 1 aromatic carbocycles. The molecule has 0 spiro atoms. The number of ether oxygens (including phenoxy) is 1. The third kappa shape index (κ3) is 4.35. The Labute approximate surface area is 128 Å². The van der Waals surface area contributed by atoms with E-state index in [1.54, 1.807) is 0 Å². The van der Waals surface area contributed by atoms with E-state index in [2.05, 4.69) is 33.1 Å². The highest BCUT2D eigenvalue weighted by molar-refractivity contribution is 9.10. The van der Waals surface area contributed by atoms with Crippen LogP contribution in [0.1, 0.15) is 13.3 Å². The summed E-state index contributed by atoms with van der Waals surface area (Å²) >= 11 is 9.38. The Morgan fingerprint density at radius 2 is 2.21 bits per heavy atom. The highest BCUT2D eigenvalue weighted by Crippen LogP contribution is 2.27. The normalized spacial score (nSPS) is 15.6. The Hall–Kier alpha value is -0.290. The molecule has 1 fully saturated rings. The van der Waals surface area contributed by atoms with E-state index < -0.39 is 0 Å². The summed E-state index contributed by atoms with van der Waals surface area (Å²) in [5, 5.41) is 4.03. The van der Waals surface area contributed by atoms with Gasteiger partial charge in [-0.15, -0.1) is 0 Å². The van der Waals surface area contributed by atoms with Gasteiger partial charge in [0, 0.05) is 30.7 Å². The van der Waals surface area contributed by atoms with Gasteiger partial charge in [-0.3, -0.25) is 4.90 Å². The quantitative estimate of drug-likeness (QED) is 0.820. The van der Waals surface area contributed by atoms with Crippen LogP contribution in [-0.4, -0.2) is 43.7 Å². The molecule has 0 radical (unpaired) electrons. The molecule has 0 aliphatic carbocycles. The first-order valence-electron chi connectivity index (χ1n) is 6.73. The topological polar surface area (TPSA) is 24.5 Å². The molecule has 1 heterocycles. The van der Waals surface area contributed by atoms with Crippen molar-refractivity contribution in [3.63, 3.8) is 0 Å². The minimum absolute atomic E-state index is 0.678. The van der Waals surface area contributed by atoms with Gasteiger partial charge in [0.25, 0.3) is 0 Å². The van der Waals surface area contributed by atoms with Crippen LogP contribution < -0.4 is 10.1 Å². The zero-order valence-corrected chi connectivity index (χ0v) is 13.5. The molecular formula is C14H20BrClN2O. The van der Waals surface area contributed by atoms with Crippen LogP contribution in [0.5, 0.6) is 5.75 Å². The van der Waals surface area contributed by atoms with Crippen LogP contribution >= 0.6 is 27.5 Å². The van der Waals surface area contributed by atoms with Crippen LogP contribution in [0, 0.1) is 0 Å². The number of nitrogens with one attached hydrogen (secondary N) is 1. The number of hydrogen-bond acceptors (Lipinski definition) is 3. The molecule has 19 heavy (non-hydrogen) atoms. The molecule has 1 aliphatic rings. The van der Waals surface area contributed by atoms with Crippen LogP contribution in [-0.2, 0) is 0 Å². The molecule has 0 bridgehead atoms. The summed E-state index contributed by atoms with van der Waals surface area (Å²) in [6, 6.07) is 6.29. The molecule has 0 atom stereocenters. The van der Waals surface area contributed by atoms with Crippen molar-refractivity contribution < 1.29 is 4.74 Å². The van der Waals surface area contributed by atoms with Crippen molar-refractivity contribution in [3.05, 3.63) is 27.7 Å².